The van der Waals surface area contributed by atoms with Gasteiger partial charge in [-0.25, -0.2) is 4.39 Å². The number of nitrogens with two attached hydrogens (primary N) is 1. The number of ether oxygens (including phenoxy) is 2. The Morgan fingerprint density at radius 3 is 2.38 bits per heavy atom. The summed E-state index contributed by atoms with van der Waals surface area (Å²) in [7, 11) is 2.72. The molecule has 0 saturated heterocycles. The molecule has 0 radical (unpaired) electrons. The van der Waals surface area contributed by atoms with Gasteiger partial charge in [0.1, 0.15) is 5.60 Å². The Balaban J connectivity index is 3.39. The Morgan fingerprint density at radius 2 is 1.94 bits per heavy atom. The van der Waals surface area contributed by atoms with Gasteiger partial charge < -0.3 is 15.2 Å². The van der Waals surface area contributed by atoms with E-state index in [1.807, 2.05) is 0 Å². The van der Waals surface area contributed by atoms with E-state index in [9.17, 15) is 8.78 Å². The van der Waals surface area contributed by atoms with E-state index in [0.29, 0.717) is 5.56 Å². The molecule has 1 atom stereocenters. The van der Waals surface area contributed by atoms with Gasteiger partial charge in [0.05, 0.1) is 7.11 Å². The van der Waals surface area contributed by atoms with Gasteiger partial charge in [-0.1, -0.05) is 0 Å². The third-order valence-electron chi connectivity index (χ3n) is 2.66. The van der Waals surface area contributed by atoms with Crippen molar-refractivity contribution in [3.8, 4) is 5.75 Å². The van der Waals surface area contributed by atoms with Crippen LogP contribution in [0.5, 0.6) is 5.75 Å². The van der Waals surface area contributed by atoms with Crippen LogP contribution in [0.1, 0.15) is 12.5 Å². The van der Waals surface area contributed by atoms with Gasteiger partial charge in [0.2, 0.25) is 5.82 Å². The van der Waals surface area contributed by atoms with Crippen LogP contribution in [0.25, 0.3) is 0 Å². The first-order valence-corrected chi connectivity index (χ1v) is 4.78. The van der Waals surface area contributed by atoms with Crippen LogP contribution < -0.4 is 10.5 Å². The molecule has 0 saturated carbocycles. The fourth-order valence-corrected chi connectivity index (χ4v) is 1.45. The SMILES string of the molecule is COc1c(C(C)(CN)OC)ccc(F)c1F. The second-order valence-electron chi connectivity index (χ2n) is 3.58. The number of hydrogen-bond acceptors (Lipinski definition) is 3. The second-order valence-corrected chi connectivity index (χ2v) is 3.58. The Bertz CT molecular complexity index is 378. The molecule has 1 aromatic carbocycles. The van der Waals surface area contributed by atoms with Crippen molar-refractivity contribution in [3.05, 3.63) is 29.3 Å². The van der Waals surface area contributed by atoms with Gasteiger partial charge in [-0.15, -0.1) is 0 Å². The van der Waals surface area contributed by atoms with Crippen molar-refractivity contribution < 1.29 is 18.3 Å². The van der Waals surface area contributed by atoms with E-state index < -0.39 is 17.2 Å². The van der Waals surface area contributed by atoms with E-state index in [-0.39, 0.29) is 12.3 Å². The summed E-state index contributed by atoms with van der Waals surface area (Å²) in [6.45, 7) is 1.81. The third-order valence-corrected chi connectivity index (χ3v) is 2.66. The fraction of sp³-hybridized carbons (Fsp3) is 0.455. The summed E-state index contributed by atoms with van der Waals surface area (Å²) >= 11 is 0. The molecule has 0 heterocycles. The van der Waals surface area contributed by atoms with Crippen LogP contribution in [0.15, 0.2) is 12.1 Å². The number of methoxy groups -OCH3 is 2. The summed E-state index contributed by atoms with van der Waals surface area (Å²) in [5.41, 5.74) is 5.05. The van der Waals surface area contributed by atoms with Crippen LogP contribution in [-0.2, 0) is 10.3 Å². The Morgan fingerprint density at radius 1 is 1.31 bits per heavy atom. The highest BCUT2D eigenvalue weighted by molar-refractivity contribution is 5.40. The molecule has 16 heavy (non-hydrogen) atoms. The number of hydrogen-bond donors (Lipinski definition) is 1. The Kier molecular flexibility index (Phi) is 3.83. The summed E-state index contributed by atoms with van der Waals surface area (Å²) in [6.07, 6.45) is 0. The Hall–Kier alpha value is -1.20. The van der Waals surface area contributed by atoms with Crippen LogP contribution in [0, 0.1) is 11.6 Å². The molecular weight excluding hydrogens is 216 g/mol. The lowest BCUT2D eigenvalue weighted by molar-refractivity contribution is 0.00769. The summed E-state index contributed by atoms with van der Waals surface area (Å²) in [5.74, 6) is -2.16. The minimum absolute atomic E-state index is 0.130. The normalized spacial score (nSPS) is 14.6. The van der Waals surface area contributed by atoms with E-state index in [0.717, 1.165) is 6.07 Å². The first kappa shape index (κ1) is 12.9. The maximum Gasteiger partial charge on any atom is 0.200 e. The summed E-state index contributed by atoms with van der Waals surface area (Å²) in [4.78, 5) is 0. The van der Waals surface area contributed by atoms with E-state index in [1.54, 1.807) is 6.92 Å². The lowest BCUT2D eigenvalue weighted by Gasteiger charge is -2.28. The average molecular weight is 231 g/mol. The molecule has 1 unspecified atom stereocenters. The molecule has 0 spiro atoms. The molecule has 0 amide bonds. The van der Waals surface area contributed by atoms with E-state index in [1.165, 1.54) is 20.3 Å². The van der Waals surface area contributed by atoms with Gasteiger partial charge >= 0.3 is 0 Å². The Labute approximate surface area is 93.2 Å². The van der Waals surface area contributed by atoms with Gasteiger partial charge in [0, 0.05) is 19.2 Å². The highest BCUT2D eigenvalue weighted by Gasteiger charge is 2.30. The van der Waals surface area contributed by atoms with Crippen molar-refractivity contribution in [2.45, 2.75) is 12.5 Å². The molecule has 2 N–H and O–H groups in total. The van der Waals surface area contributed by atoms with Crippen molar-refractivity contribution in [1.29, 1.82) is 0 Å². The molecular formula is C11H15F2NO2. The molecule has 1 aromatic rings. The standard InChI is InChI=1S/C11H15F2NO2/c1-11(6-14,16-3)7-4-5-8(12)9(13)10(7)15-2/h4-5H,6,14H2,1-3H3. The van der Waals surface area contributed by atoms with E-state index in [2.05, 4.69) is 0 Å². The van der Waals surface area contributed by atoms with Crippen molar-refractivity contribution in [3.63, 3.8) is 0 Å². The second kappa shape index (κ2) is 4.76. The van der Waals surface area contributed by atoms with Crippen LogP contribution in [-0.4, -0.2) is 20.8 Å². The monoisotopic (exact) mass is 231 g/mol. The van der Waals surface area contributed by atoms with Crippen LogP contribution >= 0.6 is 0 Å². The van der Waals surface area contributed by atoms with Gasteiger partial charge in [-0.3, -0.25) is 0 Å². The molecule has 1 rings (SSSR count). The predicted octanol–water partition coefficient (Wildman–Crippen LogP) is 1.79. The van der Waals surface area contributed by atoms with Gasteiger partial charge in [0.15, 0.2) is 11.6 Å². The molecule has 3 nitrogen and oxygen atoms in total. The lowest BCUT2D eigenvalue weighted by atomic mass is 9.94. The molecule has 5 heteroatoms. The van der Waals surface area contributed by atoms with Crippen LogP contribution in [0.2, 0.25) is 0 Å². The number of rotatable bonds is 4. The van der Waals surface area contributed by atoms with E-state index >= 15 is 0 Å². The minimum atomic E-state index is -1.03. The van der Waals surface area contributed by atoms with E-state index in [4.69, 9.17) is 15.2 Å². The maximum absolute atomic E-state index is 13.5. The van der Waals surface area contributed by atoms with Crippen molar-refractivity contribution in [1.82, 2.24) is 0 Å². The smallest absolute Gasteiger partial charge is 0.200 e. The molecule has 0 bridgehead atoms. The first-order valence-electron chi connectivity index (χ1n) is 4.78. The highest BCUT2D eigenvalue weighted by atomic mass is 19.2. The van der Waals surface area contributed by atoms with Crippen LogP contribution in [0.4, 0.5) is 8.78 Å². The average Bonchev–Trinajstić information content (AvgIpc) is 2.31. The molecule has 0 aliphatic rings. The largest absolute Gasteiger partial charge is 0.493 e. The predicted molar refractivity (Wildman–Crippen MR) is 56.3 cm³/mol. The summed E-state index contributed by atoms with van der Waals surface area (Å²) in [5, 5.41) is 0. The summed E-state index contributed by atoms with van der Waals surface area (Å²) < 4.78 is 36.6. The molecule has 0 aromatic heterocycles. The maximum atomic E-state index is 13.5. The lowest BCUT2D eigenvalue weighted by Crippen LogP contribution is -2.34. The quantitative estimate of drug-likeness (QED) is 0.859. The van der Waals surface area contributed by atoms with Crippen LogP contribution in [0.3, 0.4) is 0 Å². The molecule has 0 aliphatic heterocycles. The van der Waals surface area contributed by atoms with Crippen molar-refractivity contribution in [2.75, 3.05) is 20.8 Å². The van der Waals surface area contributed by atoms with Gasteiger partial charge in [-0.05, 0) is 19.1 Å². The topological polar surface area (TPSA) is 44.5 Å². The zero-order valence-electron chi connectivity index (χ0n) is 9.51. The zero-order chi connectivity index (χ0) is 12.3. The fourth-order valence-electron chi connectivity index (χ4n) is 1.45. The highest BCUT2D eigenvalue weighted by Crippen LogP contribution is 2.34. The third kappa shape index (κ3) is 2.01. The van der Waals surface area contributed by atoms with Crippen molar-refractivity contribution in [2.24, 2.45) is 5.73 Å². The van der Waals surface area contributed by atoms with Crippen molar-refractivity contribution >= 4 is 0 Å². The number of benzene rings is 1. The minimum Gasteiger partial charge on any atom is -0.493 e. The zero-order valence-corrected chi connectivity index (χ0v) is 9.51. The first-order chi connectivity index (χ1) is 7.50. The van der Waals surface area contributed by atoms with Gasteiger partial charge in [-0.2, -0.15) is 4.39 Å². The molecule has 0 aliphatic carbocycles. The molecule has 0 fully saturated rings. The number of halogens is 2. The summed E-state index contributed by atoms with van der Waals surface area (Å²) in [6, 6.07) is 2.44. The van der Waals surface area contributed by atoms with Gasteiger partial charge in [0.25, 0.3) is 0 Å². The molecule has 90 valence electrons.